The first-order chi connectivity index (χ1) is 7.18. The van der Waals surface area contributed by atoms with Gasteiger partial charge in [-0.2, -0.15) is 0 Å². The third-order valence-electron chi connectivity index (χ3n) is 1.70. The summed E-state index contributed by atoms with van der Waals surface area (Å²) in [5, 5.41) is 0. The van der Waals surface area contributed by atoms with Gasteiger partial charge in [-0.15, -0.1) is 0 Å². The third-order valence-corrected chi connectivity index (χ3v) is 1.70. The van der Waals surface area contributed by atoms with E-state index in [0.717, 1.165) is 5.75 Å². The summed E-state index contributed by atoms with van der Waals surface area (Å²) < 4.78 is 5.49. The van der Waals surface area contributed by atoms with Crippen LogP contribution in [0.1, 0.15) is 13.8 Å². The molecule has 0 atom stereocenters. The summed E-state index contributed by atoms with van der Waals surface area (Å²) in [6.07, 6.45) is 5.79. The zero-order valence-electron chi connectivity index (χ0n) is 9.23. The number of benzene rings is 1. The Bertz CT molecular complexity index is 368. The van der Waals surface area contributed by atoms with E-state index in [9.17, 15) is 0 Å². The fourth-order valence-electron chi connectivity index (χ4n) is 1.02. The number of ether oxygens (including phenoxy) is 1. The standard InChI is InChI=1S/C14H16O/c1-12(2)8-7-9-13(3)15-14-10-5-4-6-11-14/h4-11H,3H2,1-2H3/b9-7-. The Morgan fingerprint density at radius 1 is 1.20 bits per heavy atom. The monoisotopic (exact) mass is 200 g/mol. The molecule has 0 N–H and O–H groups in total. The highest BCUT2D eigenvalue weighted by atomic mass is 16.5. The van der Waals surface area contributed by atoms with Gasteiger partial charge in [0.2, 0.25) is 0 Å². The van der Waals surface area contributed by atoms with Crippen molar-refractivity contribution in [2.45, 2.75) is 13.8 Å². The third kappa shape index (κ3) is 4.87. The molecule has 0 aromatic heterocycles. The highest BCUT2D eigenvalue weighted by Gasteiger charge is 1.91. The maximum Gasteiger partial charge on any atom is 0.127 e. The van der Waals surface area contributed by atoms with E-state index in [0.29, 0.717) is 5.76 Å². The summed E-state index contributed by atoms with van der Waals surface area (Å²) in [5.74, 6) is 1.45. The lowest BCUT2D eigenvalue weighted by atomic mass is 10.3. The van der Waals surface area contributed by atoms with Crippen molar-refractivity contribution in [3.63, 3.8) is 0 Å². The molecule has 0 aliphatic rings. The number of rotatable bonds is 4. The quantitative estimate of drug-likeness (QED) is 0.525. The number of hydrogen-bond donors (Lipinski definition) is 0. The lowest BCUT2D eigenvalue weighted by Gasteiger charge is -2.03. The van der Waals surface area contributed by atoms with Crippen LogP contribution >= 0.6 is 0 Å². The first-order valence-electron chi connectivity index (χ1n) is 4.92. The van der Waals surface area contributed by atoms with Crippen molar-refractivity contribution in [3.8, 4) is 5.75 Å². The average Bonchev–Trinajstić information content (AvgIpc) is 2.18. The fourth-order valence-corrected chi connectivity index (χ4v) is 1.02. The van der Waals surface area contributed by atoms with Gasteiger partial charge in [-0.05, 0) is 32.1 Å². The highest BCUT2D eigenvalue weighted by Crippen LogP contribution is 2.12. The van der Waals surface area contributed by atoms with Crippen LogP contribution in [0.2, 0.25) is 0 Å². The van der Waals surface area contributed by atoms with Gasteiger partial charge in [0.05, 0.1) is 0 Å². The van der Waals surface area contributed by atoms with Gasteiger partial charge in [0.1, 0.15) is 11.5 Å². The highest BCUT2D eigenvalue weighted by molar-refractivity contribution is 5.26. The average molecular weight is 200 g/mol. The topological polar surface area (TPSA) is 9.23 Å². The molecule has 0 fully saturated rings. The van der Waals surface area contributed by atoms with Crippen molar-refractivity contribution < 1.29 is 4.74 Å². The Hall–Kier alpha value is -1.76. The van der Waals surface area contributed by atoms with Crippen LogP contribution < -0.4 is 4.74 Å². The van der Waals surface area contributed by atoms with Crippen LogP contribution in [-0.2, 0) is 0 Å². The lowest BCUT2D eigenvalue weighted by molar-refractivity contribution is 0.447. The normalized spacial score (nSPS) is 10.0. The molecule has 1 aromatic carbocycles. The summed E-state index contributed by atoms with van der Waals surface area (Å²) in [5.41, 5.74) is 1.25. The van der Waals surface area contributed by atoms with Gasteiger partial charge < -0.3 is 4.74 Å². The minimum absolute atomic E-state index is 0.638. The van der Waals surface area contributed by atoms with Crippen LogP contribution in [0.4, 0.5) is 0 Å². The molecular formula is C14H16O. The van der Waals surface area contributed by atoms with E-state index >= 15 is 0 Å². The van der Waals surface area contributed by atoms with Gasteiger partial charge in [0.25, 0.3) is 0 Å². The molecular weight excluding hydrogens is 184 g/mol. The molecule has 1 nitrogen and oxygen atoms in total. The first kappa shape index (κ1) is 11.3. The molecule has 1 aromatic rings. The summed E-state index contributed by atoms with van der Waals surface area (Å²) in [7, 11) is 0. The Morgan fingerprint density at radius 2 is 1.87 bits per heavy atom. The molecule has 0 radical (unpaired) electrons. The van der Waals surface area contributed by atoms with E-state index in [1.54, 1.807) is 0 Å². The fraction of sp³-hybridized carbons (Fsp3) is 0.143. The number of hydrogen-bond acceptors (Lipinski definition) is 1. The van der Waals surface area contributed by atoms with Crippen LogP contribution in [0, 0.1) is 0 Å². The van der Waals surface area contributed by atoms with Crippen LogP contribution in [-0.4, -0.2) is 0 Å². The second-order valence-corrected chi connectivity index (χ2v) is 3.48. The van der Waals surface area contributed by atoms with Gasteiger partial charge >= 0.3 is 0 Å². The Labute approximate surface area is 91.4 Å². The van der Waals surface area contributed by atoms with Crippen LogP contribution in [0.25, 0.3) is 0 Å². The molecule has 0 spiro atoms. The largest absolute Gasteiger partial charge is 0.458 e. The molecule has 0 saturated heterocycles. The maximum absolute atomic E-state index is 5.49. The SMILES string of the molecule is C=C(/C=C\C=C(C)C)Oc1ccccc1. The second kappa shape index (κ2) is 5.86. The van der Waals surface area contributed by atoms with Gasteiger partial charge in [-0.3, -0.25) is 0 Å². The van der Waals surface area contributed by atoms with E-state index in [-0.39, 0.29) is 0 Å². The Morgan fingerprint density at radius 3 is 2.47 bits per heavy atom. The van der Waals surface area contributed by atoms with Crippen molar-refractivity contribution in [1.82, 2.24) is 0 Å². The molecule has 0 aliphatic heterocycles. The smallest absolute Gasteiger partial charge is 0.127 e. The minimum Gasteiger partial charge on any atom is -0.458 e. The van der Waals surface area contributed by atoms with Crippen LogP contribution in [0.15, 0.2) is 66.5 Å². The van der Waals surface area contributed by atoms with E-state index in [4.69, 9.17) is 4.74 Å². The van der Waals surface area contributed by atoms with E-state index in [1.165, 1.54) is 5.57 Å². The van der Waals surface area contributed by atoms with E-state index in [1.807, 2.05) is 62.4 Å². The van der Waals surface area contributed by atoms with Gasteiger partial charge in [0.15, 0.2) is 0 Å². The Kier molecular flexibility index (Phi) is 4.42. The van der Waals surface area contributed by atoms with E-state index in [2.05, 4.69) is 6.58 Å². The molecule has 1 heteroatoms. The maximum atomic E-state index is 5.49. The van der Waals surface area contributed by atoms with Crippen molar-refractivity contribution >= 4 is 0 Å². The molecule has 1 rings (SSSR count). The van der Waals surface area contributed by atoms with Gasteiger partial charge in [-0.25, -0.2) is 0 Å². The summed E-state index contributed by atoms with van der Waals surface area (Å²) >= 11 is 0. The molecule has 0 heterocycles. The molecule has 0 aliphatic carbocycles. The van der Waals surface area contributed by atoms with E-state index < -0.39 is 0 Å². The Balaban J connectivity index is 2.51. The van der Waals surface area contributed by atoms with Crippen molar-refractivity contribution in [3.05, 3.63) is 66.5 Å². The van der Waals surface area contributed by atoms with Gasteiger partial charge in [-0.1, -0.05) is 42.5 Å². The summed E-state index contributed by atoms with van der Waals surface area (Å²) in [6, 6.07) is 9.62. The van der Waals surface area contributed by atoms with Crippen LogP contribution in [0.3, 0.4) is 0 Å². The zero-order valence-corrected chi connectivity index (χ0v) is 9.23. The predicted molar refractivity (Wildman–Crippen MR) is 64.8 cm³/mol. The molecule has 0 unspecified atom stereocenters. The van der Waals surface area contributed by atoms with Crippen molar-refractivity contribution in [2.75, 3.05) is 0 Å². The molecule has 0 saturated carbocycles. The van der Waals surface area contributed by atoms with Crippen molar-refractivity contribution in [2.24, 2.45) is 0 Å². The van der Waals surface area contributed by atoms with Crippen LogP contribution in [0.5, 0.6) is 5.75 Å². The zero-order chi connectivity index (χ0) is 11.1. The minimum atomic E-state index is 0.638. The lowest BCUT2D eigenvalue weighted by Crippen LogP contribution is -1.88. The molecule has 78 valence electrons. The second-order valence-electron chi connectivity index (χ2n) is 3.48. The number of para-hydroxylation sites is 1. The summed E-state index contributed by atoms with van der Waals surface area (Å²) in [6.45, 7) is 7.90. The molecule has 0 bridgehead atoms. The number of allylic oxidation sites excluding steroid dienone is 4. The van der Waals surface area contributed by atoms with Gasteiger partial charge in [0, 0.05) is 0 Å². The first-order valence-corrected chi connectivity index (χ1v) is 4.92. The van der Waals surface area contributed by atoms with Crippen molar-refractivity contribution in [1.29, 1.82) is 0 Å². The molecule has 15 heavy (non-hydrogen) atoms. The predicted octanol–water partition coefficient (Wildman–Crippen LogP) is 4.10. The molecule has 0 amide bonds. The summed E-state index contributed by atoms with van der Waals surface area (Å²) in [4.78, 5) is 0.